The van der Waals surface area contributed by atoms with E-state index in [-0.39, 0.29) is 5.03 Å². The molecule has 8 heteroatoms. The van der Waals surface area contributed by atoms with Gasteiger partial charge in [0.15, 0.2) is 5.03 Å². The lowest BCUT2D eigenvalue weighted by Crippen LogP contribution is -2.52. The van der Waals surface area contributed by atoms with Crippen LogP contribution in [-0.4, -0.2) is 54.8 Å². The first-order chi connectivity index (χ1) is 9.63. The fourth-order valence-electron chi connectivity index (χ4n) is 3.01. The molecule has 3 heterocycles. The van der Waals surface area contributed by atoms with Crippen LogP contribution in [0.4, 0.5) is 5.69 Å². The van der Waals surface area contributed by atoms with Crippen molar-refractivity contribution in [2.75, 3.05) is 31.6 Å². The molecule has 1 aromatic heterocycles. The van der Waals surface area contributed by atoms with Crippen LogP contribution in [0.25, 0.3) is 0 Å². The number of nitrogens with zero attached hydrogens (tertiary/aromatic N) is 3. The van der Waals surface area contributed by atoms with Crippen molar-refractivity contribution < 1.29 is 8.42 Å². The average molecular weight is 297 g/mol. The molecule has 1 aromatic rings. The van der Waals surface area contributed by atoms with E-state index in [4.69, 9.17) is 5.84 Å². The first-order valence-corrected chi connectivity index (χ1v) is 8.23. The highest BCUT2D eigenvalue weighted by Crippen LogP contribution is 2.27. The number of anilines is 1. The number of rotatable bonds is 3. The molecule has 3 N–H and O–H groups in total. The number of nitrogens with two attached hydrogens (primary N) is 1. The van der Waals surface area contributed by atoms with Gasteiger partial charge < -0.3 is 5.43 Å². The molecule has 0 amide bonds. The van der Waals surface area contributed by atoms with Crippen LogP contribution in [0.5, 0.6) is 0 Å². The van der Waals surface area contributed by atoms with Gasteiger partial charge >= 0.3 is 0 Å². The first-order valence-electron chi connectivity index (χ1n) is 6.79. The molecular formula is C12H19N5O2S. The maximum atomic E-state index is 12.7. The third-order valence-corrected chi connectivity index (χ3v) is 5.89. The Morgan fingerprint density at radius 1 is 1.35 bits per heavy atom. The summed E-state index contributed by atoms with van der Waals surface area (Å²) in [6, 6.07) is 3.62. The largest absolute Gasteiger partial charge is 0.321 e. The number of piperazine rings is 1. The van der Waals surface area contributed by atoms with Crippen LogP contribution in [0.15, 0.2) is 23.4 Å². The zero-order chi connectivity index (χ0) is 14.2. The molecule has 0 bridgehead atoms. The minimum atomic E-state index is -3.59. The Labute approximate surface area is 118 Å². The Bertz CT molecular complexity index is 591. The lowest BCUT2D eigenvalue weighted by Gasteiger charge is -2.36. The van der Waals surface area contributed by atoms with Crippen molar-refractivity contribution in [1.29, 1.82) is 0 Å². The van der Waals surface area contributed by atoms with Gasteiger partial charge in [0.25, 0.3) is 10.0 Å². The minimum Gasteiger partial charge on any atom is -0.321 e. The maximum absolute atomic E-state index is 12.7. The molecule has 0 spiro atoms. The summed E-state index contributed by atoms with van der Waals surface area (Å²) in [4.78, 5) is 6.36. The molecule has 1 unspecified atom stereocenters. The standard InChI is InChI=1S/C12H19N5O2S/c13-15-11-4-1-5-14-12(11)20(18,19)17-8-7-16-6-2-3-10(16)9-17/h1,4-5,10,15H,2-3,6-9,13H2. The summed E-state index contributed by atoms with van der Waals surface area (Å²) in [6.45, 7) is 2.93. The average Bonchev–Trinajstić information content (AvgIpc) is 2.94. The second kappa shape index (κ2) is 5.28. The summed E-state index contributed by atoms with van der Waals surface area (Å²) in [6.07, 6.45) is 3.69. The second-order valence-electron chi connectivity index (χ2n) is 5.20. The number of sulfonamides is 1. The predicted octanol–water partition coefficient (Wildman–Crippen LogP) is -0.164. The summed E-state index contributed by atoms with van der Waals surface area (Å²) in [5.74, 6) is 5.38. The van der Waals surface area contributed by atoms with E-state index >= 15 is 0 Å². The summed E-state index contributed by atoms with van der Waals surface area (Å²) < 4.78 is 26.9. The van der Waals surface area contributed by atoms with E-state index in [2.05, 4.69) is 15.3 Å². The molecule has 0 saturated carbocycles. The molecule has 2 aliphatic heterocycles. The SMILES string of the molecule is NNc1cccnc1S(=O)(=O)N1CCN2CCCC2C1. The molecule has 0 radical (unpaired) electrons. The number of hydrazine groups is 1. The van der Waals surface area contributed by atoms with Gasteiger partial charge in [-0.3, -0.25) is 10.7 Å². The van der Waals surface area contributed by atoms with Crippen molar-refractivity contribution >= 4 is 15.7 Å². The normalized spacial score (nSPS) is 24.6. The highest BCUT2D eigenvalue weighted by Gasteiger charge is 2.37. The van der Waals surface area contributed by atoms with Gasteiger partial charge in [0, 0.05) is 31.9 Å². The van der Waals surface area contributed by atoms with Gasteiger partial charge in [-0.2, -0.15) is 4.31 Å². The molecule has 110 valence electrons. The molecule has 2 aliphatic rings. The smallest absolute Gasteiger partial charge is 0.262 e. The molecule has 3 rings (SSSR count). The van der Waals surface area contributed by atoms with Crippen molar-refractivity contribution in [1.82, 2.24) is 14.2 Å². The quantitative estimate of drug-likeness (QED) is 0.595. The molecule has 0 aromatic carbocycles. The van der Waals surface area contributed by atoms with E-state index in [1.807, 2.05) is 0 Å². The van der Waals surface area contributed by atoms with Gasteiger partial charge in [0.1, 0.15) is 0 Å². The van der Waals surface area contributed by atoms with Gasteiger partial charge in [-0.25, -0.2) is 13.4 Å². The van der Waals surface area contributed by atoms with E-state index in [1.54, 1.807) is 12.1 Å². The second-order valence-corrected chi connectivity index (χ2v) is 7.05. The molecule has 1 atom stereocenters. The van der Waals surface area contributed by atoms with Crippen molar-refractivity contribution in [2.24, 2.45) is 5.84 Å². The van der Waals surface area contributed by atoms with Crippen LogP contribution in [0.1, 0.15) is 12.8 Å². The topological polar surface area (TPSA) is 91.6 Å². The van der Waals surface area contributed by atoms with Crippen LogP contribution in [0.3, 0.4) is 0 Å². The number of nitrogens with one attached hydrogen (secondary N) is 1. The van der Waals surface area contributed by atoms with Crippen LogP contribution < -0.4 is 11.3 Å². The van der Waals surface area contributed by atoms with Crippen LogP contribution in [0, 0.1) is 0 Å². The van der Waals surface area contributed by atoms with E-state index in [0.717, 1.165) is 25.9 Å². The number of hydrogen-bond donors (Lipinski definition) is 2. The molecule has 20 heavy (non-hydrogen) atoms. The summed E-state index contributed by atoms with van der Waals surface area (Å²) in [5.41, 5.74) is 2.74. The summed E-state index contributed by atoms with van der Waals surface area (Å²) in [5, 5.41) is 0.00828. The summed E-state index contributed by atoms with van der Waals surface area (Å²) >= 11 is 0. The Balaban J connectivity index is 1.88. The Kier molecular flexibility index (Phi) is 3.63. The van der Waals surface area contributed by atoms with Gasteiger partial charge in [0.05, 0.1) is 5.69 Å². The minimum absolute atomic E-state index is 0.00828. The number of fused-ring (bicyclic) bond motifs is 1. The van der Waals surface area contributed by atoms with Gasteiger partial charge in [0.2, 0.25) is 0 Å². The first kappa shape index (κ1) is 13.7. The van der Waals surface area contributed by atoms with E-state index in [0.29, 0.717) is 24.8 Å². The molecule has 2 fully saturated rings. The zero-order valence-corrected chi connectivity index (χ0v) is 12.0. The number of hydrogen-bond acceptors (Lipinski definition) is 6. The maximum Gasteiger partial charge on any atom is 0.262 e. The predicted molar refractivity (Wildman–Crippen MR) is 75.4 cm³/mol. The van der Waals surface area contributed by atoms with Crippen molar-refractivity contribution in [3.8, 4) is 0 Å². The van der Waals surface area contributed by atoms with E-state index < -0.39 is 10.0 Å². The van der Waals surface area contributed by atoms with E-state index in [9.17, 15) is 8.42 Å². The Morgan fingerprint density at radius 2 is 2.20 bits per heavy atom. The monoisotopic (exact) mass is 297 g/mol. The van der Waals surface area contributed by atoms with E-state index in [1.165, 1.54) is 10.5 Å². The number of pyridine rings is 1. The van der Waals surface area contributed by atoms with Gasteiger partial charge in [-0.1, -0.05) is 0 Å². The molecule has 2 saturated heterocycles. The molecular weight excluding hydrogens is 278 g/mol. The van der Waals surface area contributed by atoms with Crippen LogP contribution >= 0.6 is 0 Å². The third-order valence-electron chi connectivity index (χ3n) is 4.06. The molecule has 7 nitrogen and oxygen atoms in total. The zero-order valence-electron chi connectivity index (χ0n) is 11.2. The Hall–Kier alpha value is -1.22. The fraction of sp³-hybridized carbons (Fsp3) is 0.583. The third kappa shape index (κ3) is 2.28. The lowest BCUT2D eigenvalue weighted by atomic mass is 10.2. The Morgan fingerprint density at radius 3 is 3.00 bits per heavy atom. The van der Waals surface area contributed by atoms with Gasteiger partial charge in [-0.05, 0) is 31.5 Å². The van der Waals surface area contributed by atoms with Crippen molar-refractivity contribution in [3.63, 3.8) is 0 Å². The fourth-order valence-corrected chi connectivity index (χ4v) is 4.54. The highest BCUT2D eigenvalue weighted by molar-refractivity contribution is 7.89. The summed E-state index contributed by atoms with van der Waals surface area (Å²) in [7, 11) is -3.59. The van der Waals surface area contributed by atoms with Crippen molar-refractivity contribution in [2.45, 2.75) is 23.9 Å². The highest BCUT2D eigenvalue weighted by atomic mass is 32.2. The number of nitrogen functional groups attached to an aromatic ring is 1. The van der Waals surface area contributed by atoms with Crippen molar-refractivity contribution in [3.05, 3.63) is 18.3 Å². The van der Waals surface area contributed by atoms with Crippen LogP contribution in [0.2, 0.25) is 0 Å². The molecule has 0 aliphatic carbocycles. The lowest BCUT2D eigenvalue weighted by molar-refractivity contribution is 0.158. The van der Waals surface area contributed by atoms with Crippen LogP contribution in [-0.2, 0) is 10.0 Å². The number of aromatic nitrogens is 1. The van der Waals surface area contributed by atoms with Gasteiger partial charge in [-0.15, -0.1) is 0 Å².